The topological polar surface area (TPSA) is 66.8 Å². The Balaban J connectivity index is 2.91. The van der Waals surface area contributed by atoms with E-state index >= 15 is 0 Å². The summed E-state index contributed by atoms with van der Waals surface area (Å²) in [5.41, 5.74) is 0.373. The highest BCUT2D eigenvalue weighted by molar-refractivity contribution is 5.98. The second kappa shape index (κ2) is 5.89. The van der Waals surface area contributed by atoms with E-state index < -0.39 is 5.97 Å². The number of para-hydroxylation sites is 1. The third kappa shape index (κ3) is 3.48. The molecule has 1 rings (SSSR count). The van der Waals surface area contributed by atoms with E-state index in [2.05, 4.69) is 0 Å². The Kier molecular flexibility index (Phi) is 4.51. The number of carbonyl (C=O) groups is 2. The fraction of sp³-hybridized carbons (Fsp3) is 0.333. The van der Waals surface area contributed by atoms with E-state index in [0.717, 1.165) is 4.90 Å². The summed E-state index contributed by atoms with van der Waals surface area (Å²) in [4.78, 5) is 23.6. The Morgan fingerprint density at radius 3 is 2.59 bits per heavy atom. The molecule has 92 valence electrons. The van der Waals surface area contributed by atoms with E-state index in [1.165, 1.54) is 7.05 Å². The first kappa shape index (κ1) is 13.0. The number of likely N-dealkylation sites (N-methyl/N-ethyl adjacent to an activating group) is 1. The number of carboxylic acid groups (broad SMARTS) is 1. The minimum absolute atomic E-state index is 0.334. The lowest BCUT2D eigenvalue weighted by atomic mass is 10.2. The van der Waals surface area contributed by atoms with Gasteiger partial charge in [-0.2, -0.15) is 0 Å². The monoisotopic (exact) mass is 237 g/mol. The van der Waals surface area contributed by atoms with Crippen molar-refractivity contribution in [2.45, 2.75) is 6.92 Å². The van der Waals surface area contributed by atoms with Gasteiger partial charge < -0.3 is 14.7 Å². The molecule has 0 atom stereocenters. The van der Waals surface area contributed by atoms with Crippen molar-refractivity contribution in [3.63, 3.8) is 0 Å². The zero-order valence-corrected chi connectivity index (χ0v) is 9.84. The van der Waals surface area contributed by atoms with Crippen molar-refractivity contribution in [2.24, 2.45) is 0 Å². The lowest BCUT2D eigenvalue weighted by Gasteiger charge is -2.16. The van der Waals surface area contributed by atoms with E-state index in [9.17, 15) is 9.59 Å². The van der Waals surface area contributed by atoms with E-state index in [4.69, 9.17) is 9.84 Å². The van der Waals surface area contributed by atoms with Crippen LogP contribution in [0.1, 0.15) is 17.3 Å². The third-order valence-corrected chi connectivity index (χ3v) is 2.14. The number of rotatable bonds is 5. The quantitative estimate of drug-likeness (QED) is 0.836. The molecule has 0 heterocycles. The van der Waals surface area contributed by atoms with Gasteiger partial charge in [0.1, 0.15) is 12.3 Å². The average molecular weight is 237 g/mol. The van der Waals surface area contributed by atoms with E-state index in [1.807, 2.05) is 6.92 Å². The number of hydrogen-bond donors (Lipinski definition) is 1. The summed E-state index contributed by atoms with van der Waals surface area (Å²) < 4.78 is 5.32. The highest BCUT2D eigenvalue weighted by atomic mass is 16.5. The van der Waals surface area contributed by atoms with Crippen molar-refractivity contribution in [2.75, 3.05) is 20.2 Å². The maximum atomic E-state index is 12.0. The largest absolute Gasteiger partial charge is 0.493 e. The number of amides is 1. The van der Waals surface area contributed by atoms with Gasteiger partial charge in [-0.15, -0.1) is 0 Å². The van der Waals surface area contributed by atoms with E-state index in [1.54, 1.807) is 24.3 Å². The molecule has 1 aromatic carbocycles. The van der Waals surface area contributed by atoms with Crippen LogP contribution in [0.2, 0.25) is 0 Å². The van der Waals surface area contributed by atoms with Crippen LogP contribution in [0.4, 0.5) is 0 Å². The first-order valence-electron chi connectivity index (χ1n) is 5.25. The number of carbonyl (C=O) groups excluding carboxylic acids is 1. The molecule has 0 aliphatic heterocycles. The van der Waals surface area contributed by atoms with Crippen LogP contribution in [0.25, 0.3) is 0 Å². The molecule has 0 fully saturated rings. The predicted molar refractivity (Wildman–Crippen MR) is 62.2 cm³/mol. The number of benzene rings is 1. The van der Waals surface area contributed by atoms with Gasteiger partial charge in [-0.1, -0.05) is 12.1 Å². The molecule has 0 saturated carbocycles. The number of carboxylic acids is 1. The number of ether oxygens (including phenoxy) is 1. The summed E-state index contributed by atoms with van der Waals surface area (Å²) in [7, 11) is 1.44. The summed E-state index contributed by atoms with van der Waals surface area (Å²) in [6.07, 6.45) is 0. The second-order valence-electron chi connectivity index (χ2n) is 3.48. The average Bonchev–Trinajstić information content (AvgIpc) is 2.28. The molecule has 1 N–H and O–H groups in total. The zero-order chi connectivity index (χ0) is 12.8. The fourth-order valence-corrected chi connectivity index (χ4v) is 1.41. The standard InChI is InChI=1S/C12H15NO4/c1-3-17-10-7-5-4-6-9(10)12(16)13(2)8-11(14)15/h4-7H,3,8H2,1-2H3,(H,14,15). The van der Waals surface area contributed by atoms with Crippen LogP contribution in [-0.2, 0) is 4.79 Å². The predicted octanol–water partition coefficient (Wildman–Crippen LogP) is 1.24. The van der Waals surface area contributed by atoms with Gasteiger partial charge in [-0.3, -0.25) is 9.59 Å². The maximum absolute atomic E-state index is 12.0. The molecule has 5 heteroatoms. The van der Waals surface area contributed by atoms with Crippen LogP contribution in [0.3, 0.4) is 0 Å². The summed E-state index contributed by atoms with van der Waals surface area (Å²) in [6, 6.07) is 6.78. The Labute approximate surface area is 99.6 Å². The lowest BCUT2D eigenvalue weighted by Crippen LogP contribution is -2.32. The van der Waals surface area contributed by atoms with Crippen molar-refractivity contribution in [3.8, 4) is 5.75 Å². The molecule has 1 amide bonds. The Bertz CT molecular complexity index is 417. The Morgan fingerprint density at radius 2 is 2.00 bits per heavy atom. The molecule has 0 spiro atoms. The highest BCUT2D eigenvalue weighted by Crippen LogP contribution is 2.19. The van der Waals surface area contributed by atoms with Gasteiger partial charge in [-0.05, 0) is 19.1 Å². The van der Waals surface area contributed by atoms with Crippen molar-refractivity contribution >= 4 is 11.9 Å². The van der Waals surface area contributed by atoms with Crippen molar-refractivity contribution < 1.29 is 19.4 Å². The number of hydrogen-bond acceptors (Lipinski definition) is 3. The summed E-state index contributed by atoms with van der Waals surface area (Å²) in [6.45, 7) is 1.94. The van der Waals surface area contributed by atoms with Crippen molar-refractivity contribution in [3.05, 3.63) is 29.8 Å². The van der Waals surface area contributed by atoms with Gasteiger partial charge in [-0.25, -0.2) is 0 Å². The van der Waals surface area contributed by atoms with Crippen molar-refractivity contribution in [1.29, 1.82) is 0 Å². The molecule has 0 radical (unpaired) electrons. The molecule has 0 aliphatic rings. The van der Waals surface area contributed by atoms with Crippen LogP contribution in [0, 0.1) is 0 Å². The second-order valence-corrected chi connectivity index (χ2v) is 3.48. The molecular weight excluding hydrogens is 222 g/mol. The molecule has 0 saturated heterocycles. The molecule has 1 aromatic rings. The van der Waals surface area contributed by atoms with Crippen LogP contribution in [0.5, 0.6) is 5.75 Å². The fourth-order valence-electron chi connectivity index (χ4n) is 1.41. The van der Waals surface area contributed by atoms with Gasteiger partial charge in [0.15, 0.2) is 0 Å². The smallest absolute Gasteiger partial charge is 0.323 e. The van der Waals surface area contributed by atoms with Crippen LogP contribution in [-0.4, -0.2) is 42.1 Å². The van der Waals surface area contributed by atoms with Crippen LogP contribution in [0.15, 0.2) is 24.3 Å². The van der Waals surface area contributed by atoms with Gasteiger partial charge in [0.25, 0.3) is 5.91 Å². The number of aliphatic carboxylic acids is 1. The lowest BCUT2D eigenvalue weighted by molar-refractivity contribution is -0.137. The minimum Gasteiger partial charge on any atom is -0.493 e. The zero-order valence-electron chi connectivity index (χ0n) is 9.84. The summed E-state index contributed by atoms with van der Waals surface area (Å²) in [5, 5.41) is 8.63. The Morgan fingerprint density at radius 1 is 1.35 bits per heavy atom. The minimum atomic E-state index is -1.05. The third-order valence-electron chi connectivity index (χ3n) is 2.14. The van der Waals surface area contributed by atoms with E-state index in [0.29, 0.717) is 17.9 Å². The van der Waals surface area contributed by atoms with Crippen LogP contribution >= 0.6 is 0 Å². The highest BCUT2D eigenvalue weighted by Gasteiger charge is 2.17. The van der Waals surface area contributed by atoms with Crippen LogP contribution < -0.4 is 4.74 Å². The first-order chi connectivity index (χ1) is 8.06. The SMILES string of the molecule is CCOc1ccccc1C(=O)N(C)CC(=O)O. The van der Waals surface area contributed by atoms with Crippen molar-refractivity contribution in [1.82, 2.24) is 4.90 Å². The Hall–Kier alpha value is -2.04. The van der Waals surface area contributed by atoms with Gasteiger partial charge in [0.05, 0.1) is 12.2 Å². The first-order valence-corrected chi connectivity index (χ1v) is 5.25. The normalized spacial score (nSPS) is 9.76. The van der Waals surface area contributed by atoms with Gasteiger partial charge >= 0.3 is 5.97 Å². The maximum Gasteiger partial charge on any atom is 0.323 e. The summed E-state index contributed by atoms with van der Waals surface area (Å²) >= 11 is 0. The molecule has 17 heavy (non-hydrogen) atoms. The molecule has 5 nitrogen and oxygen atoms in total. The number of nitrogens with zero attached hydrogens (tertiary/aromatic N) is 1. The molecular formula is C12H15NO4. The summed E-state index contributed by atoms with van der Waals surface area (Å²) in [5.74, 6) is -0.941. The molecule has 0 bridgehead atoms. The van der Waals surface area contributed by atoms with Gasteiger partial charge in [0, 0.05) is 7.05 Å². The van der Waals surface area contributed by atoms with E-state index in [-0.39, 0.29) is 12.5 Å². The molecule has 0 aliphatic carbocycles. The molecule has 0 aromatic heterocycles. The van der Waals surface area contributed by atoms with Gasteiger partial charge in [0.2, 0.25) is 0 Å². The molecule has 0 unspecified atom stereocenters.